The van der Waals surface area contributed by atoms with Gasteiger partial charge < -0.3 is 65.1 Å². The minimum absolute atomic E-state index is 0.242. The molecule has 85 heavy (non-hydrogen) atoms. The van der Waals surface area contributed by atoms with Crippen LogP contribution in [0.1, 0.15) is 328 Å². The third-order valence-electron chi connectivity index (χ3n) is 17.9. The zero-order chi connectivity index (χ0) is 61.6. The largest absolute Gasteiger partial charge is 0.394 e. The molecular weight excluding hydrogens is 1070 g/mol. The summed E-state index contributed by atoms with van der Waals surface area (Å²) in [5, 5.41) is 87.4. The number of nitrogens with one attached hydrogen (secondary N) is 1. The summed E-state index contributed by atoms with van der Waals surface area (Å²) >= 11 is 0. The summed E-state index contributed by atoms with van der Waals surface area (Å²) in [6, 6.07) is -0.929. The smallest absolute Gasteiger partial charge is 0.220 e. The molecule has 0 aromatic carbocycles. The van der Waals surface area contributed by atoms with Crippen molar-refractivity contribution in [1.82, 2.24) is 5.32 Å². The quantitative estimate of drug-likeness (QED) is 0.0204. The summed E-state index contributed by atoms with van der Waals surface area (Å²) in [6.07, 6.45) is 53.9. The number of amides is 1. The van der Waals surface area contributed by atoms with Crippen molar-refractivity contribution < 1.29 is 64.6 Å². The van der Waals surface area contributed by atoms with E-state index in [2.05, 4.69) is 31.3 Å². The standard InChI is InChI=1S/C71H135NO13/c1-3-5-7-9-11-13-15-17-19-21-23-25-27-28-29-30-31-32-33-34-36-38-40-42-44-46-48-50-52-54-60(75)59(58-82-70-68(81)66(79)69(62(57-74)84-70)85-71-67(80)65(78)64(77)61(56-73)83-71)72-63(76)55-53-51-49-47-45-43-41-39-37-35-26-24-22-20-18-16-14-12-10-8-6-4-2/h44,46,52,54,59-62,64-71,73-75,77-81H,3-43,45,47-51,53,55-58H2,1-2H3,(H,72,76)/b46-44+,54-52+. The summed E-state index contributed by atoms with van der Waals surface area (Å²) in [5.41, 5.74) is 0. The molecule has 2 aliphatic heterocycles. The average molecular weight is 1210 g/mol. The van der Waals surface area contributed by atoms with Crippen LogP contribution in [-0.4, -0.2) is 140 Å². The van der Waals surface area contributed by atoms with Gasteiger partial charge in [0.25, 0.3) is 0 Å². The molecule has 0 spiro atoms. The zero-order valence-corrected chi connectivity index (χ0v) is 54.6. The number of rotatable bonds is 60. The Morgan fingerprint density at radius 3 is 1.15 bits per heavy atom. The van der Waals surface area contributed by atoms with Crippen LogP contribution in [0.15, 0.2) is 24.3 Å². The number of carbonyl (C=O) groups is 1. The molecule has 0 saturated carbocycles. The Bertz CT molecular complexity index is 1520. The molecule has 2 saturated heterocycles. The van der Waals surface area contributed by atoms with Crippen LogP contribution in [0.4, 0.5) is 0 Å². The number of allylic oxidation sites excluding steroid dienone is 3. The number of aliphatic hydroxyl groups is 8. The van der Waals surface area contributed by atoms with E-state index in [0.29, 0.717) is 12.8 Å². The zero-order valence-electron chi connectivity index (χ0n) is 54.6. The van der Waals surface area contributed by atoms with Gasteiger partial charge in [-0.15, -0.1) is 0 Å². The molecule has 0 aromatic heterocycles. The highest BCUT2D eigenvalue weighted by Gasteiger charge is 2.51. The maximum absolute atomic E-state index is 13.3. The monoisotopic (exact) mass is 1210 g/mol. The van der Waals surface area contributed by atoms with E-state index >= 15 is 0 Å². The molecular formula is C71H135NO13. The van der Waals surface area contributed by atoms with Crippen molar-refractivity contribution >= 4 is 5.91 Å². The highest BCUT2D eigenvalue weighted by molar-refractivity contribution is 5.76. The first kappa shape index (κ1) is 79.6. The number of hydrogen-bond acceptors (Lipinski definition) is 13. The molecule has 14 heteroatoms. The molecule has 2 aliphatic rings. The van der Waals surface area contributed by atoms with Crippen molar-refractivity contribution in [3.8, 4) is 0 Å². The molecule has 0 aliphatic carbocycles. The summed E-state index contributed by atoms with van der Waals surface area (Å²) in [6.45, 7) is 2.84. The van der Waals surface area contributed by atoms with Gasteiger partial charge >= 0.3 is 0 Å². The second-order valence-electron chi connectivity index (χ2n) is 25.7. The van der Waals surface area contributed by atoms with Gasteiger partial charge in [0.15, 0.2) is 12.6 Å². The normalized spacial score (nSPS) is 23.6. The predicted molar refractivity (Wildman–Crippen MR) is 346 cm³/mol. The lowest BCUT2D eigenvalue weighted by molar-refractivity contribution is -0.359. The maximum Gasteiger partial charge on any atom is 0.220 e. The minimum atomic E-state index is -1.79. The van der Waals surface area contributed by atoms with E-state index in [-0.39, 0.29) is 18.9 Å². The fourth-order valence-electron chi connectivity index (χ4n) is 12.1. The summed E-state index contributed by atoms with van der Waals surface area (Å²) in [5.74, 6) is -0.242. The van der Waals surface area contributed by atoms with E-state index < -0.39 is 86.8 Å². The van der Waals surface area contributed by atoms with Gasteiger partial charge in [0.1, 0.15) is 48.8 Å². The summed E-state index contributed by atoms with van der Waals surface area (Å²) < 4.78 is 22.9. The van der Waals surface area contributed by atoms with Crippen LogP contribution < -0.4 is 5.32 Å². The average Bonchev–Trinajstić information content (AvgIpc) is 3.67. The first-order valence-corrected chi connectivity index (χ1v) is 36.1. The van der Waals surface area contributed by atoms with Gasteiger partial charge in [-0.3, -0.25) is 4.79 Å². The minimum Gasteiger partial charge on any atom is -0.394 e. The van der Waals surface area contributed by atoms with Crippen LogP contribution in [-0.2, 0) is 23.7 Å². The molecule has 12 atom stereocenters. The SMILES string of the molecule is CCCCCCCCCCCCCCCCCCCCCCCCC/C=C/CC/C=C/C(O)C(COC1OC(CO)C(OC2OC(CO)C(O)C(O)C2O)C(O)C1O)NC(=O)CCCCCCCCCCCCCCCCCCCCCCCC. The Labute approximate surface area is 519 Å². The van der Waals surface area contributed by atoms with Crippen molar-refractivity contribution in [1.29, 1.82) is 0 Å². The molecule has 12 unspecified atom stereocenters. The van der Waals surface area contributed by atoms with E-state index in [0.717, 1.165) is 32.1 Å². The van der Waals surface area contributed by atoms with Gasteiger partial charge in [-0.25, -0.2) is 0 Å². The highest BCUT2D eigenvalue weighted by atomic mass is 16.7. The molecule has 502 valence electrons. The molecule has 2 rings (SSSR count). The summed E-state index contributed by atoms with van der Waals surface area (Å²) in [7, 11) is 0. The molecule has 0 bridgehead atoms. The molecule has 0 aromatic rings. The first-order valence-electron chi connectivity index (χ1n) is 36.1. The lowest BCUT2D eigenvalue weighted by Gasteiger charge is -2.46. The number of aliphatic hydroxyl groups excluding tert-OH is 8. The Morgan fingerprint density at radius 2 is 0.753 bits per heavy atom. The van der Waals surface area contributed by atoms with Gasteiger partial charge in [-0.05, 0) is 32.1 Å². The van der Waals surface area contributed by atoms with Gasteiger partial charge in [0, 0.05) is 6.42 Å². The molecule has 0 radical (unpaired) electrons. The van der Waals surface area contributed by atoms with Crippen molar-refractivity contribution in [3.63, 3.8) is 0 Å². The van der Waals surface area contributed by atoms with E-state index in [1.54, 1.807) is 6.08 Å². The lowest BCUT2D eigenvalue weighted by Crippen LogP contribution is -2.65. The number of carbonyl (C=O) groups excluding carboxylic acids is 1. The van der Waals surface area contributed by atoms with Gasteiger partial charge in [0.05, 0.1) is 32.0 Å². The van der Waals surface area contributed by atoms with Gasteiger partial charge in [0.2, 0.25) is 5.91 Å². The summed E-state index contributed by atoms with van der Waals surface area (Å²) in [4.78, 5) is 13.3. The molecule has 2 fully saturated rings. The number of hydrogen-bond donors (Lipinski definition) is 9. The van der Waals surface area contributed by atoms with E-state index in [1.807, 2.05) is 6.08 Å². The van der Waals surface area contributed by atoms with Crippen molar-refractivity contribution in [3.05, 3.63) is 24.3 Å². The molecule has 1 amide bonds. The van der Waals surface area contributed by atoms with Crippen molar-refractivity contribution in [2.45, 2.75) is 402 Å². The number of ether oxygens (including phenoxy) is 4. The Hall–Kier alpha value is -1.53. The molecule has 9 N–H and O–H groups in total. The fourth-order valence-corrected chi connectivity index (χ4v) is 12.1. The van der Waals surface area contributed by atoms with Crippen LogP contribution in [0.5, 0.6) is 0 Å². The molecule has 2 heterocycles. The Kier molecular flexibility index (Phi) is 52.8. The second-order valence-corrected chi connectivity index (χ2v) is 25.7. The van der Waals surface area contributed by atoms with Crippen LogP contribution in [0.2, 0.25) is 0 Å². The fraction of sp³-hybridized carbons (Fsp3) is 0.930. The highest BCUT2D eigenvalue weighted by Crippen LogP contribution is 2.30. The lowest BCUT2D eigenvalue weighted by atomic mass is 9.97. The second kappa shape index (κ2) is 56.5. The van der Waals surface area contributed by atoms with Crippen LogP contribution in [0, 0.1) is 0 Å². The Balaban J connectivity index is 1.68. The van der Waals surface area contributed by atoms with E-state index in [4.69, 9.17) is 18.9 Å². The van der Waals surface area contributed by atoms with E-state index in [1.165, 1.54) is 263 Å². The first-order chi connectivity index (χ1) is 41.6. The topological polar surface area (TPSA) is 228 Å². The molecule has 14 nitrogen and oxygen atoms in total. The third kappa shape index (κ3) is 40.8. The van der Waals surface area contributed by atoms with Crippen LogP contribution in [0.25, 0.3) is 0 Å². The number of unbranched alkanes of at least 4 members (excludes halogenated alkanes) is 45. The Morgan fingerprint density at radius 1 is 0.412 bits per heavy atom. The third-order valence-corrected chi connectivity index (χ3v) is 17.9. The van der Waals surface area contributed by atoms with Gasteiger partial charge in [-0.2, -0.15) is 0 Å². The van der Waals surface area contributed by atoms with E-state index in [9.17, 15) is 45.6 Å². The van der Waals surface area contributed by atoms with Crippen molar-refractivity contribution in [2.75, 3.05) is 19.8 Å². The van der Waals surface area contributed by atoms with Crippen molar-refractivity contribution in [2.24, 2.45) is 0 Å². The predicted octanol–water partition coefficient (Wildman–Crippen LogP) is 14.7. The van der Waals surface area contributed by atoms with Crippen LogP contribution in [0.3, 0.4) is 0 Å². The van der Waals surface area contributed by atoms with Gasteiger partial charge in [-0.1, -0.05) is 314 Å². The van der Waals surface area contributed by atoms with Crippen LogP contribution >= 0.6 is 0 Å². The maximum atomic E-state index is 13.3.